The molecule has 2 aromatic rings. The molecule has 0 fully saturated rings. The number of anilines is 2. The second kappa shape index (κ2) is 5.19. The molecule has 0 radical (unpaired) electrons. The van der Waals surface area contributed by atoms with Gasteiger partial charge < -0.3 is 10.6 Å². The van der Waals surface area contributed by atoms with Crippen molar-refractivity contribution in [2.24, 2.45) is 0 Å². The van der Waals surface area contributed by atoms with Crippen LogP contribution in [-0.2, 0) is 6.54 Å². The highest BCUT2D eigenvalue weighted by Gasteiger charge is 2.05. The van der Waals surface area contributed by atoms with E-state index < -0.39 is 0 Å². The maximum atomic E-state index is 8.83. The maximum absolute atomic E-state index is 8.83. The Balaban J connectivity index is 2.17. The number of nitrogens with two attached hydrogens (primary N) is 1. The molecular formula is C14H14N4. The Kier molecular flexibility index (Phi) is 3.44. The van der Waals surface area contributed by atoms with Crippen LogP contribution in [0, 0.1) is 11.3 Å². The molecule has 0 saturated heterocycles. The van der Waals surface area contributed by atoms with Crippen LogP contribution in [0.15, 0.2) is 42.7 Å². The molecule has 0 amide bonds. The molecule has 2 N–H and O–H groups in total. The van der Waals surface area contributed by atoms with Gasteiger partial charge in [-0.1, -0.05) is 0 Å². The zero-order valence-corrected chi connectivity index (χ0v) is 10.2. The van der Waals surface area contributed by atoms with Crippen LogP contribution in [0.1, 0.15) is 11.1 Å². The molecule has 0 aliphatic heterocycles. The Hall–Kier alpha value is -2.54. The van der Waals surface area contributed by atoms with Gasteiger partial charge in [0, 0.05) is 31.7 Å². The van der Waals surface area contributed by atoms with Crippen molar-refractivity contribution in [3.63, 3.8) is 0 Å². The topological polar surface area (TPSA) is 65.9 Å². The summed E-state index contributed by atoms with van der Waals surface area (Å²) in [4.78, 5) is 6.06. The molecule has 0 bridgehead atoms. The lowest BCUT2D eigenvalue weighted by atomic mass is 10.1. The standard InChI is InChI=1S/C14H14N4/c1-18(10-11-4-6-17-7-5-11)13-3-2-12(9-15)14(16)8-13/h2-8H,10,16H2,1H3. The summed E-state index contributed by atoms with van der Waals surface area (Å²) in [5.41, 5.74) is 8.99. The van der Waals surface area contributed by atoms with Gasteiger partial charge in [0.2, 0.25) is 0 Å². The summed E-state index contributed by atoms with van der Waals surface area (Å²) in [5, 5.41) is 8.83. The molecule has 1 heterocycles. The average Bonchev–Trinajstić information content (AvgIpc) is 2.39. The van der Waals surface area contributed by atoms with Gasteiger partial charge in [0.25, 0.3) is 0 Å². The molecule has 0 unspecified atom stereocenters. The minimum absolute atomic E-state index is 0.510. The van der Waals surface area contributed by atoms with Crippen molar-refractivity contribution in [1.29, 1.82) is 5.26 Å². The molecule has 18 heavy (non-hydrogen) atoms. The second-order valence-corrected chi connectivity index (χ2v) is 4.09. The van der Waals surface area contributed by atoms with Gasteiger partial charge >= 0.3 is 0 Å². The van der Waals surface area contributed by atoms with E-state index in [1.165, 1.54) is 5.56 Å². The summed E-state index contributed by atoms with van der Waals surface area (Å²) >= 11 is 0. The molecule has 4 heteroatoms. The summed E-state index contributed by atoms with van der Waals surface area (Å²) in [6, 6.07) is 11.5. The van der Waals surface area contributed by atoms with Crippen LogP contribution in [0.25, 0.3) is 0 Å². The minimum Gasteiger partial charge on any atom is -0.398 e. The van der Waals surface area contributed by atoms with Crippen LogP contribution >= 0.6 is 0 Å². The zero-order valence-electron chi connectivity index (χ0n) is 10.2. The van der Waals surface area contributed by atoms with E-state index in [9.17, 15) is 0 Å². The molecule has 0 saturated carbocycles. The van der Waals surface area contributed by atoms with Crippen LogP contribution in [0.4, 0.5) is 11.4 Å². The predicted octanol–water partition coefficient (Wildman–Crippen LogP) is 2.17. The van der Waals surface area contributed by atoms with Crippen molar-refractivity contribution in [1.82, 2.24) is 4.98 Å². The third kappa shape index (κ3) is 2.58. The van der Waals surface area contributed by atoms with Crippen LogP contribution in [0.3, 0.4) is 0 Å². The number of aromatic nitrogens is 1. The van der Waals surface area contributed by atoms with Crippen LogP contribution < -0.4 is 10.6 Å². The van der Waals surface area contributed by atoms with E-state index in [1.807, 2.05) is 31.3 Å². The van der Waals surface area contributed by atoms with E-state index in [2.05, 4.69) is 16.0 Å². The normalized spacial score (nSPS) is 9.78. The van der Waals surface area contributed by atoms with Crippen molar-refractivity contribution in [2.75, 3.05) is 17.7 Å². The number of rotatable bonds is 3. The van der Waals surface area contributed by atoms with Gasteiger partial charge in [-0.15, -0.1) is 0 Å². The molecule has 0 aliphatic rings. The smallest absolute Gasteiger partial charge is 0.101 e. The third-order valence-corrected chi connectivity index (χ3v) is 2.77. The Morgan fingerprint density at radius 2 is 2.00 bits per heavy atom. The lowest BCUT2D eigenvalue weighted by Gasteiger charge is -2.20. The summed E-state index contributed by atoms with van der Waals surface area (Å²) in [7, 11) is 1.99. The molecule has 90 valence electrons. The third-order valence-electron chi connectivity index (χ3n) is 2.77. The van der Waals surface area contributed by atoms with Gasteiger partial charge in [0.1, 0.15) is 6.07 Å². The fourth-order valence-corrected chi connectivity index (χ4v) is 1.74. The average molecular weight is 238 g/mol. The highest BCUT2D eigenvalue weighted by atomic mass is 15.1. The Bertz CT molecular complexity index is 572. The quantitative estimate of drug-likeness (QED) is 0.832. The van der Waals surface area contributed by atoms with Crippen molar-refractivity contribution < 1.29 is 0 Å². The van der Waals surface area contributed by atoms with E-state index in [4.69, 9.17) is 11.0 Å². The highest BCUT2D eigenvalue weighted by Crippen LogP contribution is 2.21. The first-order valence-corrected chi connectivity index (χ1v) is 5.60. The van der Waals surface area contributed by atoms with E-state index in [-0.39, 0.29) is 0 Å². The SMILES string of the molecule is CN(Cc1ccncc1)c1ccc(C#N)c(N)c1. The summed E-state index contributed by atoms with van der Waals surface area (Å²) in [6.45, 7) is 0.772. The first-order valence-electron chi connectivity index (χ1n) is 5.60. The molecule has 0 spiro atoms. The van der Waals surface area contributed by atoms with Gasteiger partial charge in [0.15, 0.2) is 0 Å². The van der Waals surface area contributed by atoms with Gasteiger partial charge in [-0.3, -0.25) is 4.98 Å². The first kappa shape index (κ1) is 11.9. The van der Waals surface area contributed by atoms with Crippen molar-refractivity contribution in [3.05, 3.63) is 53.9 Å². The van der Waals surface area contributed by atoms with Crippen molar-refractivity contribution >= 4 is 11.4 Å². The number of benzene rings is 1. The van der Waals surface area contributed by atoms with E-state index >= 15 is 0 Å². The lowest BCUT2D eigenvalue weighted by molar-refractivity contribution is 0.920. The summed E-state index contributed by atoms with van der Waals surface area (Å²) in [6.07, 6.45) is 3.55. The van der Waals surface area contributed by atoms with Gasteiger partial charge in [-0.2, -0.15) is 5.26 Å². The molecule has 2 rings (SSSR count). The molecule has 1 aromatic carbocycles. The molecule has 0 atom stereocenters. The number of hydrogen-bond acceptors (Lipinski definition) is 4. The van der Waals surface area contributed by atoms with Crippen LogP contribution in [0.2, 0.25) is 0 Å². The van der Waals surface area contributed by atoms with Crippen LogP contribution in [0.5, 0.6) is 0 Å². The molecule has 0 aliphatic carbocycles. The first-order chi connectivity index (χ1) is 8.70. The van der Waals surface area contributed by atoms with Crippen molar-refractivity contribution in [2.45, 2.75) is 6.54 Å². The fraction of sp³-hybridized carbons (Fsp3) is 0.143. The minimum atomic E-state index is 0.510. The fourth-order valence-electron chi connectivity index (χ4n) is 1.74. The predicted molar refractivity (Wildman–Crippen MR) is 71.9 cm³/mol. The van der Waals surface area contributed by atoms with E-state index in [0.29, 0.717) is 11.3 Å². The maximum Gasteiger partial charge on any atom is 0.101 e. The summed E-state index contributed by atoms with van der Waals surface area (Å²) in [5.74, 6) is 0. The number of nitrogens with zero attached hydrogens (tertiary/aromatic N) is 3. The van der Waals surface area contributed by atoms with E-state index in [0.717, 1.165) is 12.2 Å². The molecule has 1 aromatic heterocycles. The molecule has 4 nitrogen and oxygen atoms in total. The Morgan fingerprint density at radius 3 is 2.61 bits per heavy atom. The van der Waals surface area contributed by atoms with Crippen molar-refractivity contribution in [3.8, 4) is 6.07 Å². The Labute approximate surface area is 106 Å². The van der Waals surface area contributed by atoms with Gasteiger partial charge in [-0.25, -0.2) is 0 Å². The number of pyridine rings is 1. The van der Waals surface area contributed by atoms with Gasteiger partial charge in [0.05, 0.1) is 11.3 Å². The zero-order chi connectivity index (χ0) is 13.0. The molecular weight excluding hydrogens is 224 g/mol. The monoisotopic (exact) mass is 238 g/mol. The van der Waals surface area contributed by atoms with E-state index in [1.54, 1.807) is 18.5 Å². The number of nitriles is 1. The number of hydrogen-bond donors (Lipinski definition) is 1. The number of nitrogen functional groups attached to an aromatic ring is 1. The largest absolute Gasteiger partial charge is 0.398 e. The van der Waals surface area contributed by atoms with Crippen LogP contribution in [-0.4, -0.2) is 12.0 Å². The highest BCUT2D eigenvalue weighted by molar-refractivity contribution is 5.63. The lowest BCUT2D eigenvalue weighted by Crippen LogP contribution is -2.16. The van der Waals surface area contributed by atoms with Gasteiger partial charge in [-0.05, 0) is 35.9 Å². The summed E-state index contributed by atoms with van der Waals surface area (Å²) < 4.78 is 0. The Morgan fingerprint density at radius 1 is 1.28 bits per heavy atom. The second-order valence-electron chi connectivity index (χ2n) is 4.09.